The van der Waals surface area contributed by atoms with E-state index < -0.39 is 91.0 Å². The van der Waals surface area contributed by atoms with Gasteiger partial charge in [-0.05, 0) is 64.8 Å². The van der Waals surface area contributed by atoms with Crippen molar-refractivity contribution in [3.63, 3.8) is 0 Å². The van der Waals surface area contributed by atoms with Crippen LogP contribution in [0.25, 0.3) is 22.6 Å². The molecule has 0 bridgehead atoms. The molecule has 0 aromatic heterocycles. The molecule has 3 rings (SSSR count). The van der Waals surface area contributed by atoms with Crippen molar-refractivity contribution in [1.29, 1.82) is 0 Å². The van der Waals surface area contributed by atoms with Crippen molar-refractivity contribution in [2.75, 3.05) is 6.61 Å². The SMILES string of the molecule is Cc1cc2nc3c(=O)[nH]c(=O)nc-3n(C[C@@H](OC(=O)C(C)O)[C@@H](OC(=O)C(C)O)[C@H](COC(=O)C(C)O)OC(=O)C(C)O)c2cc1C. The number of esters is 4. The van der Waals surface area contributed by atoms with Gasteiger partial charge in [-0.25, -0.2) is 29.0 Å². The van der Waals surface area contributed by atoms with Gasteiger partial charge in [0, 0.05) is 0 Å². The number of aliphatic hydroxyl groups excluding tert-OH is 4. The monoisotopic (exact) mass is 664 g/mol. The van der Waals surface area contributed by atoms with Crippen LogP contribution in [-0.4, -0.2) is 113 Å². The summed E-state index contributed by atoms with van der Waals surface area (Å²) in [6, 6.07) is 3.26. The number of nitrogens with zero attached hydrogens (tertiary/aromatic N) is 3. The number of H-pyrrole nitrogens is 1. The molecule has 0 amide bonds. The van der Waals surface area contributed by atoms with E-state index in [1.165, 1.54) is 4.57 Å². The smallest absolute Gasteiger partial charge is 0.349 e. The van der Waals surface area contributed by atoms with Gasteiger partial charge < -0.3 is 43.9 Å². The molecular formula is C29H36N4O14. The predicted octanol–water partition coefficient (Wildman–Crippen LogP) is -2.00. The largest absolute Gasteiger partial charge is 0.460 e. The molecule has 0 spiro atoms. The van der Waals surface area contributed by atoms with Gasteiger partial charge in [0.2, 0.25) is 0 Å². The lowest BCUT2D eigenvalue weighted by Crippen LogP contribution is -2.52. The number of aryl methyl sites for hydroxylation is 2. The number of aromatic amines is 1. The number of benzene rings is 1. The van der Waals surface area contributed by atoms with E-state index in [1.54, 1.807) is 26.0 Å². The molecule has 0 radical (unpaired) electrons. The molecule has 2 aliphatic rings. The van der Waals surface area contributed by atoms with Crippen molar-refractivity contribution in [1.82, 2.24) is 19.5 Å². The van der Waals surface area contributed by atoms with Gasteiger partial charge in [-0.15, -0.1) is 0 Å². The number of carbonyl (C=O) groups is 4. The van der Waals surface area contributed by atoms with Crippen LogP contribution in [0.4, 0.5) is 0 Å². The van der Waals surface area contributed by atoms with Crippen LogP contribution in [0, 0.1) is 13.8 Å². The highest BCUT2D eigenvalue weighted by molar-refractivity contribution is 5.81. The maximum Gasteiger partial charge on any atom is 0.349 e. The fourth-order valence-corrected chi connectivity index (χ4v) is 4.22. The first-order valence-corrected chi connectivity index (χ1v) is 14.3. The zero-order valence-corrected chi connectivity index (χ0v) is 26.3. The van der Waals surface area contributed by atoms with Gasteiger partial charge in [0.15, 0.2) is 29.8 Å². The Bertz CT molecular complexity index is 1730. The second-order valence-electron chi connectivity index (χ2n) is 10.9. The number of aliphatic hydroxyl groups is 4. The Balaban J connectivity index is 2.34. The minimum Gasteiger partial charge on any atom is -0.460 e. The number of fused-ring (bicyclic) bond motifs is 2. The summed E-state index contributed by atoms with van der Waals surface area (Å²) >= 11 is 0. The lowest BCUT2D eigenvalue weighted by molar-refractivity contribution is -0.201. The number of nitrogens with one attached hydrogen (secondary N) is 1. The van der Waals surface area contributed by atoms with E-state index >= 15 is 0 Å². The maximum absolute atomic E-state index is 12.8. The third-order valence-electron chi connectivity index (χ3n) is 6.86. The Morgan fingerprint density at radius 2 is 1.28 bits per heavy atom. The van der Waals surface area contributed by atoms with Crippen molar-refractivity contribution < 1.29 is 58.6 Å². The average Bonchev–Trinajstić information content (AvgIpc) is 2.98. The summed E-state index contributed by atoms with van der Waals surface area (Å²) in [5, 5.41) is 39.5. The van der Waals surface area contributed by atoms with E-state index in [1.807, 2.05) is 4.98 Å². The normalized spacial score (nSPS) is 16.0. The van der Waals surface area contributed by atoms with Crippen LogP contribution in [0.3, 0.4) is 0 Å². The first-order valence-electron chi connectivity index (χ1n) is 14.3. The highest BCUT2D eigenvalue weighted by Gasteiger charge is 2.42. The van der Waals surface area contributed by atoms with Gasteiger partial charge in [-0.2, -0.15) is 4.98 Å². The molecule has 5 N–H and O–H groups in total. The maximum atomic E-state index is 12.8. The second kappa shape index (κ2) is 15.2. The number of ether oxygens (including phenoxy) is 4. The van der Waals surface area contributed by atoms with Crippen LogP contribution in [-0.2, 0) is 44.7 Å². The fraction of sp³-hybridized carbons (Fsp3) is 0.517. The first kappa shape index (κ1) is 36.7. The van der Waals surface area contributed by atoms with Crippen LogP contribution < -0.4 is 11.2 Å². The third kappa shape index (κ3) is 8.94. The average molecular weight is 665 g/mol. The molecule has 0 saturated heterocycles. The van der Waals surface area contributed by atoms with Gasteiger partial charge in [0.05, 0.1) is 17.6 Å². The molecule has 4 unspecified atom stereocenters. The molecule has 0 aliphatic carbocycles. The minimum atomic E-state index is -1.98. The Kier molecular flexibility index (Phi) is 11.9. The molecule has 1 aromatic rings. The molecule has 2 aliphatic heterocycles. The predicted molar refractivity (Wildman–Crippen MR) is 158 cm³/mol. The van der Waals surface area contributed by atoms with Crippen molar-refractivity contribution >= 4 is 34.9 Å². The summed E-state index contributed by atoms with van der Waals surface area (Å²) < 4.78 is 22.5. The lowest BCUT2D eigenvalue weighted by Gasteiger charge is -2.34. The van der Waals surface area contributed by atoms with Crippen molar-refractivity contribution in [3.8, 4) is 11.5 Å². The summed E-state index contributed by atoms with van der Waals surface area (Å²) in [5.41, 5.74) is -0.291. The summed E-state index contributed by atoms with van der Waals surface area (Å²) in [7, 11) is 0. The fourth-order valence-electron chi connectivity index (χ4n) is 4.22. The van der Waals surface area contributed by atoms with E-state index in [9.17, 15) is 49.2 Å². The molecule has 7 atom stereocenters. The zero-order chi connectivity index (χ0) is 35.3. The summed E-state index contributed by atoms with van der Waals surface area (Å²) in [5.74, 6) is -5.40. The lowest BCUT2D eigenvalue weighted by atomic mass is 10.0. The van der Waals surface area contributed by atoms with E-state index in [0.717, 1.165) is 38.8 Å². The van der Waals surface area contributed by atoms with Gasteiger partial charge in [-0.1, -0.05) is 0 Å². The summed E-state index contributed by atoms with van der Waals surface area (Å²) in [6.07, 6.45) is -12.6. The molecule has 18 heteroatoms. The van der Waals surface area contributed by atoms with Gasteiger partial charge >= 0.3 is 29.6 Å². The molecular weight excluding hydrogens is 628 g/mol. The Morgan fingerprint density at radius 3 is 1.83 bits per heavy atom. The van der Waals surface area contributed by atoms with Gasteiger partial charge in [-0.3, -0.25) is 9.78 Å². The molecule has 0 fully saturated rings. The van der Waals surface area contributed by atoms with E-state index in [2.05, 4.69) is 9.97 Å². The van der Waals surface area contributed by atoms with E-state index in [0.29, 0.717) is 0 Å². The molecule has 2 heterocycles. The van der Waals surface area contributed by atoms with Crippen molar-refractivity contribution in [2.24, 2.45) is 0 Å². The quantitative estimate of drug-likeness (QED) is 0.0751. The molecule has 0 saturated carbocycles. The third-order valence-corrected chi connectivity index (χ3v) is 6.86. The number of carbonyl (C=O) groups excluding carboxylic acids is 4. The van der Waals surface area contributed by atoms with E-state index in [4.69, 9.17) is 18.9 Å². The zero-order valence-electron chi connectivity index (χ0n) is 26.3. The molecule has 256 valence electrons. The summed E-state index contributed by atoms with van der Waals surface area (Å²) in [4.78, 5) is 85.7. The van der Waals surface area contributed by atoms with Crippen LogP contribution >= 0.6 is 0 Å². The number of hydrogen-bond donors (Lipinski definition) is 5. The first-order chi connectivity index (χ1) is 21.9. The Hall–Kier alpha value is -4.78. The highest BCUT2D eigenvalue weighted by Crippen LogP contribution is 2.27. The topological polar surface area (TPSA) is 267 Å². The molecule has 1 aromatic carbocycles. The Morgan fingerprint density at radius 1 is 0.766 bits per heavy atom. The molecule has 18 nitrogen and oxygen atoms in total. The van der Waals surface area contributed by atoms with Gasteiger partial charge in [0.1, 0.15) is 31.0 Å². The highest BCUT2D eigenvalue weighted by atomic mass is 16.6. The van der Waals surface area contributed by atoms with E-state index in [-0.39, 0.29) is 22.6 Å². The number of hydrogen-bond acceptors (Lipinski definition) is 16. The van der Waals surface area contributed by atoms with Crippen LogP contribution in [0.2, 0.25) is 0 Å². The van der Waals surface area contributed by atoms with Crippen LogP contribution in [0.15, 0.2) is 21.7 Å². The van der Waals surface area contributed by atoms with Crippen molar-refractivity contribution in [3.05, 3.63) is 44.1 Å². The Labute approximate surface area is 266 Å². The van der Waals surface area contributed by atoms with Crippen LogP contribution in [0.1, 0.15) is 38.8 Å². The molecule has 47 heavy (non-hydrogen) atoms. The standard InChI is InChI=1S/C29H36N4O14/c1-11-7-17-18(8-12(11)2)33(23-21(30-17)24(38)32-29(43)31-23)9-19(45-26(40)14(4)35)22(47-28(42)16(6)37)20(46-27(41)15(5)36)10-44-25(39)13(3)34/h7-8,13-16,19-20,22,34-37H,9-10H2,1-6H3,(H,32,38,43)/t13?,14?,15?,16?,19-,20+,22-/m1/s1. The van der Waals surface area contributed by atoms with Crippen LogP contribution in [0.5, 0.6) is 0 Å². The minimum absolute atomic E-state index is 0.229. The number of rotatable bonds is 13. The number of aromatic nitrogens is 4. The summed E-state index contributed by atoms with van der Waals surface area (Å²) in [6.45, 7) is 6.18. The second-order valence-corrected chi connectivity index (χ2v) is 10.9. The van der Waals surface area contributed by atoms with Gasteiger partial charge in [0.25, 0.3) is 5.56 Å². The van der Waals surface area contributed by atoms with Crippen molar-refractivity contribution in [2.45, 2.75) is 90.8 Å².